The first kappa shape index (κ1) is 11.0. The fraction of sp³-hybridized carbons (Fsp3) is 0.462. The quantitative estimate of drug-likeness (QED) is 0.715. The van der Waals surface area contributed by atoms with E-state index in [1.165, 1.54) is 31.2 Å². The average molecular weight is 219 g/mol. The van der Waals surface area contributed by atoms with Crippen molar-refractivity contribution in [2.75, 3.05) is 25.1 Å². The topological polar surface area (TPSA) is 29.5 Å². The third kappa shape index (κ3) is 2.03. The number of carbonyl (C=O) groups is 1. The highest BCUT2D eigenvalue weighted by molar-refractivity contribution is 5.90. The molecule has 1 aromatic rings. The number of rotatable bonds is 2. The van der Waals surface area contributed by atoms with Crippen LogP contribution < -0.4 is 4.90 Å². The van der Waals surface area contributed by atoms with Crippen LogP contribution in [0.25, 0.3) is 0 Å². The molecule has 0 aliphatic carbocycles. The number of ether oxygens (including phenoxy) is 1. The maximum Gasteiger partial charge on any atom is 0.337 e. The van der Waals surface area contributed by atoms with Gasteiger partial charge in [-0.05, 0) is 37.5 Å². The average Bonchev–Trinajstić information content (AvgIpc) is 2.82. The molecule has 3 heteroatoms. The van der Waals surface area contributed by atoms with Gasteiger partial charge in [-0.1, -0.05) is 6.07 Å². The minimum atomic E-state index is -0.263. The van der Waals surface area contributed by atoms with Crippen LogP contribution in [0.5, 0.6) is 0 Å². The van der Waals surface area contributed by atoms with E-state index < -0.39 is 0 Å². The van der Waals surface area contributed by atoms with Crippen LogP contribution in [0.1, 0.15) is 28.8 Å². The molecular formula is C13H17NO2. The Balaban J connectivity index is 2.32. The van der Waals surface area contributed by atoms with Crippen LogP contribution in [0.4, 0.5) is 5.69 Å². The molecule has 86 valence electrons. The summed E-state index contributed by atoms with van der Waals surface area (Å²) in [6.07, 6.45) is 2.48. The fourth-order valence-electron chi connectivity index (χ4n) is 2.15. The van der Waals surface area contributed by atoms with Crippen molar-refractivity contribution in [3.63, 3.8) is 0 Å². The van der Waals surface area contributed by atoms with Gasteiger partial charge in [0.2, 0.25) is 0 Å². The second kappa shape index (κ2) is 4.56. The molecule has 1 aliphatic rings. The summed E-state index contributed by atoms with van der Waals surface area (Å²) in [5.74, 6) is -0.263. The van der Waals surface area contributed by atoms with Gasteiger partial charge in [-0.2, -0.15) is 0 Å². The Bertz CT molecular complexity index is 395. The summed E-state index contributed by atoms with van der Waals surface area (Å²) >= 11 is 0. The molecule has 1 saturated heterocycles. The Morgan fingerprint density at radius 3 is 2.62 bits per heavy atom. The Labute approximate surface area is 96.0 Å². The summed E-state index contributed by atoms with van der Waals surface area (Å²) in [4.78, 5) is 13.8. The Kier molecular flexibility index (Phi) is 3.13. The molecule has 1 aromatic carbocycles. The van der Waals surface area contributed by atoms with Gasteiger partial charge in [-0.3, -0.25) is 0 Å². The van der Waals surface area contributed by atoms with Crippen molar-refractivity contribution < 1.29 is 9.53 Å². The summed E-state index contributed by atoms with van der Waals surface area (Å²) in [6, 6.07) is 5.74. The molecule has 0 aromatic heterocycles. The first-order valence-corrected chi connectivity index (χ1v) is 5.66. The third-order valence-electron chi connectivity index (χ3n) is 3.08. The van der Waals surface area contributed by atoms with Gasteiger partial charge in [0, 0.05) is 18.8 Å². The van der Waals surface area contributed by atoms with E-state index in [1.807, 2.05) is 18.2 Å². The molecule has 0 N–H and O–H groups in total. The molecule has 0 unspecified atom stereocenters. The van der Waals surface area contributed by atoms with E-state index in [1.54, 1.807) is 0 Å². The maximum absolute atomic E-state index is 11.5. The van der Waals surface area contributed by atoms with Crippen LogP contribution >= 0.6 is 0 Å². The lowest BCUT2D eigenvalue weighted by molar-refractivity contribution is 0.0601. The second-order valence-corrected chi connectivity index (χ2v) is 4.19. The van der Waals surface area contributed by atoms with E-state index >= 15 is 0 Å². The highest BCUT2D eigenvalue weighted by Crippen LogP contribution is 2.25. The van der Waals surface area contributed by atoms with Crippen molar-refractivity contribution in [3.8, 4) is 0 Å². The molecule has 3 nitrogen and oxygen atoms in total. The van der Waals surface area contributed by atoms with Crippen molar-refractivity contribution in [1.29, 1.82) is 0 Å². The number of nitrogens with zero attached hydrogens (tertiary/aromatic N) is 1. The summed E-state index contributed by atoms with van der Waals surface area (Å²) in [5.41, 5.74) is 3.02. The number of carbonyl (C=O) groups excluding carboxylic acids is 1. The molecule has 0 saturated carbocycles. The molecular weight excluding hydrogens is 202 g/mol. The number of methoxy groups -OCH3 is 1. The predicted molar refractivity (Wildman–Crippen MR) is 64.0 cm³/mol. The van der Waals surface area contributed by atoms with Gasteiger partial charge >= 0.3 is 5.97 Å². The highest BCUT2D eigenvalue weighted by atomic mass is 16.5. The predicted octanol–water partition coefficient (Wildman–Crippen LogP) is 2.38. The van der Waals surface area contributed by atoms with Crippen molar-refractivity contribution in [2.24, 2.45) is 0 Å². The molecule has 0 atom stereocenters. The molecule has 1 fully saturated rings. The second-order valence-electron chi connectivity index (χ2n) is 4.19. The van der Waals surface area contributed by atoms with Gasteiger partial charge in [0.25, 0.3) is 0 Å². The zero-order valence-corrected chi connectivity index (χ0v) is 9.82. The van der Waals surface area contributed by atoms with E-state index in [9.17, 15) is 4.79 Å². The summed E-state index contributed by atoms with van der Waals surface area (Å²) < 4.78 is 4.74. The number of aryl methyl sites for hydroxylation is 1. The standard InChI is InChI=1S/C13H17NO2/c1-10-5-6-11(13(15)16-2)9-12(10)14-7-3-4-8-14/h5-6,9H,3-4,7-8H2,1-2H3. The van der Waals surface area contributed by atoms with Crippen LogP contribution in [0, 0.1) is 6.92 Å². The van der Waals surface area contributed by atoms with Gasteiger partial charge in [-0.25, -0.2) is 4.79 Å². The Hall–Kier alpha value is -1.51. The molecule has 1 heterocycles. The first-order valence-electron chi connectivity index (χ1n) is 5.66. The minimum absolute atomic E-state index is 0.263. The molecule has 2 rings (SSSR count). The Morgan fingerprint density at radius 1 is 1.31 bits per heavy atom. The SMILES string of the molecule is COC(=O)c1ccc(C)c(N2CCCC2)c1. The summed E-state index contributed by atoms with van der Waals surface area (Å²) in [7, 11) is 1.41. The van der Waals surface area contributed by atoms with Crippen molar-refractivity contribution in [1.82, 2.24) is 0 Å². The van der Waals surface area contributed by atoms with Crippen molar-refractivity contribution >= 4 is 11.7 Å². The lowest BCUT2D eigenvalue weighted by Crippen LogP contribution is -2.19. The molecule has 0 spiro atoms. The highest BCUT2D eigenvalue weighted by Gasteiger charge is 2.16. The minimum Gasteiger partial charge on any atom is -0.465 e. The molecule has 0 amide bonds. The lowest BCUT2D eigenvalue weighted by Gasteiger charge is -2.20. The van der Waals surface area contributed by atoms with E-state index in [0.717, 1.165) is 13.1 Å². The van der Waals surface area contributed by atoms with Crippen molar-refractivity contribution in [2.45, 2.75) is 19.8 Å². The van der Waals surface area contributed by atoms with E-state index in [2.05, 4.69) is 11.8 Å². The van der Waals surface area contributed by atoms with E-state index in [0.29, 0.717) is 5.56 Å². The van der Waals surface area contributed by atoms with Crippen LogP contribution in [0.15, 0.2) is 18.2 Å². The zero-order valence-electron chi connectivity index (χ0n) is 9.82. The van der Waals surface area contributed by atoms with E-state index in [-0.39, 0.29) is 5.97 Å². The van der Waals surface area contributed by atoms with Crippen molar-refractivity contribution in [3.05, 3.63) is 29.3 Å². The van der Waals surface area contributed by atoms with Crippen LogP contribution in [0.2, 0.25) is 0 Å². The van der Waals surface area contributed by atoms with Gasteiger partial charge in [0.15, 0.2) is 0 Å². The molecule has 0 bridgehead atoms. The monoisotopic (exact) mass is 219 g/mol. The van der Waals surface area contributed by atoms with Crippen LogP contribution in [0.3, 0.4) is 0 Å². The first-order chi connectivity index (χ1) is 7.72. The molecule has 1 aliphatic heterocycles. The number of esters is 1. The lowest BCUT2D eigenvalue weighted by atomic mass is 10.1. The van der Waals surface area contributed by atoms with Gasteiger partial charge < -0.3 is 9.64 Å². The largest absolute Gasteiger partial charge is 0.465 e. The Morgan fingerprint density at radius 2 is 2.00 bits per heavy atom. The summed E-state index contributed by atoms with van der Waals surface area (Å²) in [5, 5.41) is 0. The van der Waals surface area contributed by atoms with Crippen LogP contribution in [-0.4, -0.2) is 26.2 Å². The molecule has 0 radical (unpaired) electrons. The third-order valence-corrected chi connectivity index (χ3v) is 3.08. The number of anilines is 1. The zero-order chi connectivity index (χ0) is 11.5. The number of benzene rings is 1. The van der Waals surface area contributed by atoms with E-state index in [4.69, 9.17) is 4.74 Å². The van der Waals surface area contributed by atoms with Gasteiger partial charge in [0.1, 0.15) is 0 Å². The normalized spacial score (nSPS) is 15.2. The fourth-order valence-corrected chi connectivity index (χ4v) is 2.15. The van der Waals surface area contributed by atoms with Crippen LogP contribution in [-0.2, 0) is 4.74 Å². The van der Waals surface area contributed by atoms with Gasteiger partial charge in [0.05, 0.1) is 12.7 Å². The smallest absolute Gasteiger partial charge is 0.337 e. The summed E-state index contributed by atoms with van der Waals surface area (Å²) in [6.45, 7) is 4.26. The van der Waals surface area contributed by atoms with Gasteiger partial charge in [-0.15, -0.1) is 0 Å². The number of hydrogen-bond acceptors (Lipinski definition) is 3. The maximum atomic E-state index is 11.5. The number of hydrogen-bond donors (Lipinski definition) is 0. The molecule has 16 heavy (non-hydrogen) atoms.